The van der Waals surface area contributed by atoms with Crippen LogP contribution in [-0.2, 0) is 6.54 Å². The summed E-state index contributed by atoms with van der Waals surface area (Å²) in [5.74, 6) is 0. The minimum Gasteiger partial charge on any atom is -0.313 e. The third-order valence-electron chi connectivity index (χ3n) is 4.39. The van der Waals surface area contributed by atoms with Crippen LogP contribution < -0.4 is 5.32 Å². The fraction of sp³-hybridized carbons (Fsp3) is 0.647. The molecule has 1 saturated heterocycles. The predicted octanol–water partition coefficient (Wildman–Crippen LogP) is 3.18. The fourth-order valence-electron chi connectivity index (χ4n) is 3.20. The molecule has 2 heteroatoms. The first kappa shape index (κ1) is 14.5. The number of benzene rings is 1. The highest BCUT2D eigenvalue weighted by molar-refractivity contribution is 5.37. The SMILES string of the molecule is Cc1cc(C)c(CN2CC(C)NCCC2C)c(C)c1. The second-order valence-electron chi connectivity index (χ2n) is 6.30. The number of hydrogen-bond donors (Lipinski definition) is 1. The van der Waals surface area contributed by atoms with Crippen LogP contribution in [-0.4, -0.2) is 30.1 Å². The van der Waals surface area contributed by atoms with Gasteiger partial charge < -0.3 is 5.32 Å². The predicted molar refractivity (Wildman–Crippen MR) is 82.6 cm³/mol. The van der Waals surface area contributed by atoms with Crippen LogP contribution in [0.25, 0.3) is 0 Å². The van der Waals surface area contributed by atoms with E-state index in [1.54, 1.807) is 0 Å². The summed E-state index contributed by atoms with van der Waals surface area (Å²) in [6.07, 6.45) is 1.24. The van der Waals surface area contributed by atoms with E-state index in [0.717, 1.165) is 19.6 Å². The summed E-state index contributed by atoms with van der Waals surface area (Å²) in [6.45, 7) is 14.7. The minimum absolute atomic E-state index is 0.594. The lowest BCUT2D eigenvalue weighted by Crippen LogP contribution is -2.38. The van der Waals surface area contributed by atoms with E-state index < -0.39 is 0 Å². The molecular formula is C17H28N2. The van der Waals surface area contributed by atoms with Gasteiger partial charge in [-0.25, -0.2) is 0 Å². The molecule has 2 rings (SSSR count). The van der Waals surface area contributed by atoms with E-state index in [0.29, 0.717) is 12.1 Å². The summed E-state index contributed by atoms with van der Waals surface area (Å²) in [7, 11) is 0. The zero-order valence-electron chi connectivity index (χ0n) is 13.1. The molecule has 0 radical (unpaired) electrons. The molecule has 0 spiro atoms. The Labute approximate surface area is 118 Å². The van der Waals surface area contributed by atoms with Crippen LogP contribution in [0.4, 0.5) is 0 Å². The topological polar surface area (TPSA) is 15.3 Å². The van der Waals surface area contributed by atoms with E-state index in [9.17, 15) is 0 Å². The highest BCUT2D eigenvalue weighted by Gasteiger charge is 2.21. The maximum atomic E-state index is 3.59. The summed E-state index contributed by atoms with van der Waals surface area (Å²) < 4.78 is 0. The van der Waals surface area contributed by atoms with Gasteiger partial charge in [0.15, 0.2) is 0 Å². The van der Waals surface area contributed by atoms with Crippen molar-refractivity contribution in [2.24, 2.45) is 0 Å². The molecule has 0 aliphatic carbocycles. The maximum absolute atomic E-state index is 3.59. The molecule has 2 unspecified atom stereocenters. The van der Waals surface area contributed by atoms with E-state index in [-0.39, 0.29) is 0 Å². The van der Waals surface area contributed by atoms with Gasteiger partial charge in [-0.1, -0.05) is 17.7 Å². The van der Waals surface area contributed by atoms with Gasteiger partial charge >= 0.3 is 0 Å². The smallest absolute Gasteiger partial charge is 0.0242 e. The van der Waals surface area contributed by atoms with Gasteiger partial charge in [-0.2, -0.15) is 0 Å². The Bertz CT molecular complexity index is 416. The molecule has 1 aliphatic heterocycles. The van der Waals surface area contributed by atoms with E-state index in [1.807, 2.05) is 0 Å². The second-order valence-corrected chi connectivity index (χ2v) is 6.30. The van der Waals surface area contributed by atoms with Crippen molar-refractivity contribution in [2.45, 2.75) is 59.7 Å². The van der Waals surface area contributed by atoms with Crippen LogP contribution in [0.3, 0.4) is 0 Å². The van der Waals surface area contributed by atoms with Crippen molar-refractivity contribution in [2.75, 3.05) is 13.1 Å². The first-order chi connectivity index (χ1) is 8.97. The molecule has 2 nitrogen and oxygen atoms in total. The number of nitrogens with zero attached hydrogens (tertiary/aromatic N) is 1. The Hall–Kier alpha value is -0.860. The lowest BCUT2D eigenvalue weighted by atomic mass is 9.98. The molecule has 1 aliphatic rings. The highest BCUT2D eigenvalue weighted by atomic mass is 15.2. The Kier molecular flexibility index (Phi) is 4.64. The Morgan fingerprint density at radius 2 is 1.79 bits per heavy atom. The van der Waals surface area contributed by atoms with Crippen LogP contribution in [0.2, 0.25) is 0 Å². The third kappa shape index (κ3) is 3.58. The molecule has 1 fully saturated rings. The standard InChI is InChI=1S/C17H28N2/c1-12-8-13(2)17(14(3)9-12)11-19-10-15(4)18-7-6-16(19)5/h8-9,15-16,18H,6-7,10-11H2,1-5H3. The second kappa shape index (κ2) is 6.06. The molecule has 1 aromatic carbocycles. The van der Waals surface area contributed by atoms with Crippen LogP contribution >= 0.6 is 0 Å². The molecule has 0 bridgehead atoms. The molecule has 1 aromatic rings. The van der Waals surface area contributed by atoms with Crippen LogP contribution in [0, 0.1) is 20.8 Å². The van der Waals surface area contributed by atoms with Gasteiger partial charge in [-0.05, 0) is 64.3 Å². The zero-order chi connectivity index (χ0) is 14.0. The van der Waals surface area contributed by atoms with Gasteiger partial charge in [0.05, 0.1) is 0 Å². The summed E-state index contributed by atoms with van der Waals surface area (Å²) in [4.78, 5) is 2.63. The number of nitrogens with one attached hydrogen (secondary N) is 1. The van der Waals surface area contributed by atoms with Gasteiger partial charge in [-0.3, -0.25) is 4.90 Å². The first-order valence-corrected chi connectivity index (χ1v) is 7.51. The highest BCUT2D eigenvalue weighted by Crippen LogP contribution is 2.21. The van der Waals surface area contributed by atoms with Crippen LogP contribution in [0.1, 0.15) is 42.5 Å². The van der Waals surface area contributed by atoms with Crippen LogP contribution in [0.15, 0.2) is 12.1 Å². The molecular weight excluding hydrogens is 232 g/mol. The van der Waals surface area contributed by atoms with Gasteiger partial charge in [0.2, 0.25) is 0 Å². The van der Waals surface area contributed by atoms with Gasteiger partial charge in [0, 0.05) is 25.2 Å². The van der Waals surface area contributed by atoms with Crippen molar-refractivity contribution in [3.63, 3.8) is 0 Å². The maximum Gasteiger partial charge on any atom is 0.0242 e. The monoisotopic (exact) mass is 260 g/mol. The fourth-order valence-corrected chi connectivity index (χ4v) is 3.20. The van der Waals surface area contributed by atoms with E-state index >= 15 is 0 Å². The number of aryl methyl sites for hydroxylation is 3. The van der Waals surface area contributed by atoms with Gasteiger partial charge in [-0.15, -0.1) is 0 Å². The third-order valence-corrected chi connectivity index (χ3v) is 4.39. The van der Waals surface area contributed by atoms with Crippen molar-refractivity contribution in [3.8, 4) is 0 Å². The average molecular weight is 260 g/mol. The lowest BCUT2D eigenvalue weighted by molar-refractivity contribution is 0.198. The Balaban J connectivity index is 2.19. The molecule has 106 valence electrons. The molecule has 19 heavy (non-hydrogen) atoms. The molecule has 0 saturated carbocycles. The summed E-state index contributed by atoms with van der Waals surface area (Å²) in [5.41, 5.74) is 5.77. The Morgan fingerprint density at radius 3 is 2.42 bits per heavy atom. The van der Waals surface area contributed by atoms with Crippen molar-refractivity contribution >= 4 is 0 Å². The summed E-state index contributed by atoms with van der Waals surface area (Å²) in [5, 5.41) is 3.59. The normalized spacial score (nSPS) is 25.3. The van der Waals surface area contributed by atoms with Crippen molar-refractivity contribution in [1.29, 1.82) is 0 Å². The summed E-state index contributed by atoms with van der Waals surface area (Å²) in [6, 6.07) is 5.88. The van der Waals surface area contributed by atoms with Gasteiger partial charge in [0.25, 0.3) is 0 Å². The lowest BCUT2D eigenvalue weighted by Gasteiger charge is -2.29. The van der Waals surface area contributed by atoms with Gasteiger partial charge in [0.1, 0.15) is 0 Å². The molecule has 1 heterocycles. The zero-order valence-corrected chi connectivity index (χ0v) is 13.1. The van der Waals surface area contributed by atoms with Crippen molar-refractivity contribution < 1.29 is 0 Å². The minimum atomic E-state index is 0.594. The van der Waals surface area contributed by atoms with E-state index in [2.05, 4.69) is 57.0 Å². The molecule has 0 aromatic heterocycles. The van der Waals surface area contributed by atoms with Crippen molar-refractivity contribution in [1.82, 2.24) is 10.2 Å². The van der Waals surface area contributed by atoms with Crippen LogP contribution in [0.5, 0.6) is 0 Å². The Morgan fingerprint density at radius 1 is 1.16 bits per heavy atom. The van der Waals surface area contributed by atoms with E-state index in [4.69, 9.17) is 0 Å². The molecule has 2 atom stereocenters. The average Bonchev–Trinajstić information content (AvgIpc) is 2.46. The van der Waals surface area contributed by atoms with Crippen molar-refractivity contribution in [3.05, 3.63) is 34.4 Å². The number of rotatable bonds is 2. The van der Waals surface area contributed by atoms with E-state index in [1.165, 1.54) is 28.7 Å². The number of hydrogen-bond acceptors (Lipinski definition) is 2. The molecule has 1 N–H and O–H groups in total. The quantitative estimate of drug-likeness (QED) is 0.878. The first-order valence-electron chi connectivity index (χ1n) is 7.51. The largest absolute Gasteiger partial charge is 0.313 e. The molecule has 0 amide bonds. The summed E-state index contributed by atoms with van der Waals surface area (Å²) >= 11 is 0.